The summed E-state index contributed by atoms with van der Waals surface area (Å²) in [6, 6.07) is 6.44. The van der Waals surface area contributed by atoms with Gasteiger partial charge in [0, 0.05) is 25.1 Å². The highest BCUT2D eigenvalue weighted by Gasteiger charge is 2.38. The first-order valence-corrected chi connectivity index (χ1v) is 8.01. The number of benzene rings is 1. The van der Waals surface area contributed by atoms with Crippen LogP contribution in [0.4, 0.5) is 0 Å². The van der Waals surface area contributed by atoms with Gasteiger partial charge in [0.2, 0.25) is 11.7 Å². The van der Waals surface area contributed by atoms with E-state index in [1.165, 1.54) is 0 Å². The van der Waals surface area contributed by atoms with Gasteiger partial charge in [0.1, 0.15) is 5.75 Å². The molecule has 1 aliphatic heterocycles. The maximum atomic E-state index is 12.7. The van der Waals surface area contributed by atoms with Crippen LogP contribution in [-0.2, 0) is 11.4 Å². The largest absolute Gasteiger partial charge is 0.485 e. The van der Waals surface area contributed by atoms with Crippen LogP contribution in [0, 0.1) is 12.8 Å². The van der Waals surface area contributed by atoms with Gasteiger partial charge in [-0.15, -0.1) is 0 Å². The third kappa shape index (κ3) is 3.62. The zero-order valence-electron chi connectivity index (χ0n) is 14.0. The third-order valence-electron chi connectivity index (χ3n) is 4.35. The molecule has 0 spiro atoms. The monoisotopic (exact) mass is 345 g/mol. The van der Waals surface area contributed by atoms with Crippen LogP contribution < -0.4 is 4.74 Å². The van der Waals surface area contributed by atoms with Gasteiger partial charge in [-0.2, -0.15) is 4.98 Å². The van der Waals surface area contributed by atoms with Crippen LogP contribution in [0.15, 0.2) is 28.8 Å². The van der Waals surface area contributed by atoms with Gasteiger partial charge >= 0.3 is 5.97 Å². The Labute approximate surface area is 144 Å². The Bertz CT molecular complexity index is 788. The topological polar surface area (TPSA) is 106 Å². The molecule has 8 heteroatoms. The average Bonchev–Trinajstić information content (AvgIpc) is 3.18. The summed E-state index contributed by atoms with van der Waals surface area (Å²) in [5, 5.41) is 12.9. The summed E-state index contributed by atoms with van der Waals surface area (Å²) in [5.74, 6) is -0.197. The second-order valence-corrected chi connectivity index (χ2v) is 6.02. The van der Waals surface area contributed by atoms with Gasteiger partial charge < -0.3 is 19.3 Å². The standard InChI is InChI=1S/C17H19N3O5/c1-10-14(17(22)23)6-7-20(10)16(21)12-4-3-5-13(8-12)24-9-15-18-11(2)25-19-15/h3-5,8,10,14H,6-7,9H2,1-2H3,(H,22,23). The number of carbonyl (C=O) groups excluding carboxylic acids is 1. The molecule has 2 aromatic rings. The molecule has 0 aliphatic carbocycles. The smallest absolute Gasteiger partial charge is 0.308 e. The molecule has 1 fully saturated rings. The minimum atomic E-state index is -0.865. The summed E-state index contributed by atoms with van der Waals surface area (Å²) in [7, 11) is 0. The summed E-state index contributed by atoms with van der Waals surface area (Å²) in [6.45, 7) is 4.03. The van der Waals surface area contributed by atoms with E-state index in [1.807, 2.05) is 0 Å². The van der Waals surface area contributed by atoms with E-state index in [0.717, 1.165) is 0 Å². The Morgan fingerprint density at radius 1 is 1.44 bits per heavy atom. The predicted molar refractivity (Wildman–Crippen MR) is 86.1 cm³/mol. The minimum Gasteiger partial charge on any atom is -0.485 e. The second-order valence-electron chi connectivity index (χ2n) is 6.02. The molecule has 3 rings (SSSR count). The molecule has 1 aromatic heterocycles. The van der Waals surface area contributed by atoms with E-state index in [9.17, 15) is 14.7 Å². The molecule has 0 bridgehead atoms. The number of hydrogen-bond donors (Lipinski definition) is 1. The quantitative estimate of drug-likeness (QED) is 0.882. The van der Waals surface area contributed by atoms with Crippen molar-refractivity contribution in [2.75, 3.05) is 6.54 Å². The van der Waals surface area contributed by atoms with Gasteiger partial charge in [0.25, 0.3) is 5.91 Å². The van der Waals surface area contributed by atoms with Crippen LogP contribution in [0.3, 0.4) is 0 Å². The Morgan fingerprint density at radius 2 is 2.24 bits per heavy atom. The molecular formula is C17H19N3O5. The third-order valence-corrected chi connectivity index (χ3v) is 4.35. The summed E-state index contributed by atoms with van der Waals surface area (Å²) in [5.41, 5.74) is 0.458. The van der Waals surface area contributed by atoms with Gasteiger partial charge in [-0.3, -0.25) is 9.59 Å². The van der Waals surface area contributed by atoms with E-state index >= 15 is 0 Å². The van der Waals surface area contributed by atoms with Crippen molar-refractivity contribution < 1.29 is 24.0 Å². The van der Waals surface area contributed by atoms with Crippen LogP contribution in [0.2, 0.25) is 0 Å². The van der Waals surface area contributed by atoms with Gasteiger partial charge in [-0.25, -0.2) is 0 Å². The normalized spacial score (nSPS) is 19.8. The number of aromatic nitrogens is 2. The first kappa shape index (κ1) is 16.9. The average molecular weight is 345 g/mol. The Morgan fingerprint density at radius 3 is 2.88 bits per heavy atom. The van der Waals surface area contributed by atoms with E-state index in [2.05, 4.69) is 10.1 Å². The minimum absolute atomic E-state index is 0.135. The summed E-state index contributed by atoms with van der Waals surface area (Å²) in [6.07, 6.45) is 0.468. The van der Waals surface area contributed by atoms with E-state index in [1.54, 1.807) is 43.0 Å². The van der Waals surface area contributed by atoms with Crippen LogP contribution in [-0.4, -0.2) is 44.6 Å². The Kier molecular flexibility index (Phi) is 4.69. The van der Waals surface area contributed by atoms with E-state index in [4.69, 9.17) is 9.26 Å². The molecule has 1 N–H and O–H groups in total. The number of aryl methyl sites for hydroxylation is 1. The van der Waals surface area contributed by atoms with Crippen molar-refractivity contribution in [3.05, 3.63) is 41.5 Å². The van der Waals surface area contributed by atoms with Crippen LogP contribution in [0.1, 0.15) is 35.4 Å². The number of hydrogen-bond acceptors (Lipinski definition) is 6. The lowest BCUT2D eigenvalue weighted by Crippen LogP contribution is -2.37. The van der Waals surface area contributed by atoms with Crippen LogP contribution in [0.5, 0.6) is 5.75 Å². The van der Waals surface area contributed by atoms with Crippen molar-refractivity contribution in [3.8, 4) is 5.75 Å². The number of aliphatic carboxylic acids is 1. The highest BCUT2D eigenvalue weighted by molar-refractivity contribution is 5.95. The molecule has 2 heterocycles. The fourth-order valence-corrected chi connectivity index (χ4v) is 2.99. The first-order chi connectivity index (χ1) is 12.0. The Balaban J connectivity index is 1.68. The first-order valence-electron chi connectivity index (χ1n) is 8.01. The molecule has 1 amide bonds. The zero-order chi connectivity index (χ0) is 18.0. The molecule has 2 unspecified atom stereocenters. The molecule has 8 nitrogen and oxygen atoms in total. The number of carbonyl (C=O) groups is 2. The predicted octanol–water partition coefficient (Wildman–Crippen LogP) is 1.89. The fourth-order valence-electron chi connectivity index (χ4n) is 2.99. The van der Waals surface area contributed by atoms with Crippen LogP contribution >= 0.6 is 0 Å². The van der Waals surface area contributed by atoms with Gasteiger partial charge in [0.05, 0.1) is 5.92 Å². The number of ether oxygens (including phenoxy) is 1. The van der Waals surface area contributed by atoms with Crippen molar-refractivity contribution in [3.63, 3.8) is 0 Å². The highest BCUT2D eigenvalue weighted by atomic mass is 16.5. The molecule has 0 radical (unpaired) electrons. The molecule has 1 aromatic carbocycles. The molecule has 1 saturated heterocycles. The number of rotatable bonds is 5. The number of nitrogens with zero attached hydrogens (tertiary/aromatic N) is 3. The fraction of sp³-hybridized carbons (Fsp3) is 0.412. The zero-order valence-corrected chi connectivity index (χ0v) is 14.0. The highest BCUT2D eigenvalue weighted by Crippen LogP contribution is 2.27. The number of carboxylic acids is 1. The number of likely N-dealkylation sites (tertiary alicyclic amines) is 1. The molecular weight excluding hydrogens is 326 g/mol. The molecule has 25 heavy (non-hydrogen) atoms. The van der Waals surface area contributed by atoms with Crippen molar-refractivity contribution in [1.29, 1.82) is 0 Å². The Hall–Kier alpha value is -2.90. The summed E-state index contributed by atoms with van der Waals surface area (Å²) in [4.78, 5) is 29.6. The van der Waals surface area contributed by atoms with Crippen molar-refractivity contribution in [2.24, 2.45) is 5.92 Å². The lowest BCUT2D eigenvalue weighted by Gasteiger charge is -2.23. The summed E-state index contributed by atoms with van der Waals surface area (Å²) < 4.78 is 10.5. The SMILES string of the molecule is Cc1nc(COc2cccc(C(=O)N3CCC(C(=O)O)C3C)c2)no1. The van der Waals surface area contributed by atoms with Gasteiger partial charge in [-0.1, -0.05) is 11.2 Å². The molecule has 2 atom stereocenters. The number of amides is 1. The lowest BCUT2D eigenvalue weighted by molar-refractivity contribution is -0.142. The van der Waals surface area contributed by atoms with Gasteiger partial charge in [-0.05, 0) is 31.5 Å². The van der Waals surface area contributed by atoms with E-state index in [-0.39, 0.29) is 18.6 Å². The van der Waals surface area contributed by atoms with Crippen molar-refractivity contribution in [1.82, 2.24) is 15.0 Å². The maximum Gasteiger partial charge on any atom is 0.308 e. The summed E-state index contributed by atoms with van der Waals surface area (Å²) >= 11 is 0. The van der Waals surface area contributed by atoms with Crippen molar-refractivity contribution in [2.45, 2.75) is 32.9 Å². The maximum absolute atomic E-state index is 12.7. The number of carboxylic acid groups (broad SMARTS) is 1. The van der Waals surface area contributed by atoms with Gasteiger partial charge in [0.15, 0.2) is 6.61 Å². The second kappa shape index (κ2) is 6.92. The molecule has 132 valence electrons. The molecule has 1 aliphatic rings. The van der Waals surface area contributed by atoms with E-state index < -0.39 is 11.9 Å². The molecule has 0 saturated carbocycles. The lowest BCUT2D eigenvalue weighted by atomic mass is 10.0. The van der Waals surface area contributed by atoms with Crippen LogP contribution in [0.25, 0.3) is 0 Å². The van der Waals surface area contributed by atoms with Crippen molar-refractivity contribution >= 4 is 11.9 Å². The van der Waals surface area contributed by atoms with E-state index in [0.29, 0.717) is 36.0 Å².